The second kappa shape index (κ2) is 4.90. The molecular formula is C14H17N3O. The van der Waals surface area contributed by atoms with Crippen molar-refractivity contribution in [1.82, 2.24) is 15.1 Å². The summed E-state index contributed by atoms with van der Waals surface area (Å²) in [7, 11) is 0. The molecule has 1 fully saturated rings. The minimum Gasteiger partial charge on any atom is -0.314 e. The van der Waals surface area contributed by atoms with Crippen molar-refractivity contribution in [2.45, 2.75) is 31.8 Å². The lowest BCUT2D eigenvalue weighted by atomic mass is 10.2. The van der Waals surface area contributed by atoms with Gasteiger partial charge >= 0.3 is 0 Å². The van der Waals surface area contributed by atoms with Crippen LogP contribution < -0.4 is 10.9 Å². The Morgan fingerprint density at radius 1 is 1.33 bits per heavy atom. The highest BCUT2D eigenvalue weighted by molar-refractivity contribution is 5.80. The summed E-state index contributed by atoms with van der Waals surface area (Å²) in [5.41, 5.74) is 0.0134. The van der Waals surface area contributed by atoms with Crippen LogP contribution in [0.15, 0.2) is 35.3 Å². The van der Waals surface area contributed by atoms with E-state index in [2.05, 4.69) is 10.4 Å². The maximum Gasteiger partial charge on any atom is 0.274 e. The fourth-order valence-electron chi connectivity index (χ4n) is 2.11. The summed E-state index contributed by atoms with van der Waals surface area (Å²) in [6.45, 7) is 1.65. The van der Waals surface area contributed by atoms with Crippen molar-refractivity contribution in [3.63, 3.8) is 0 Å². The van der Waals surface area contributed by atoms with E-state index in [-0.39, 0.29) is 5.56 Å². The zero-order valence-electron chi connectivity index (χ0n) is 10.3. The molecule has 0 spiro atoms. The van der Waals surface area contributed by atoms with Crippen LogP contribution in [0.25, 0.3) is 10.8 Å². The van der Waals surface area contributed by atoms with E-state index >= 15 is 0 Å². The Bertz CT molecular complexity index is 601. The van der Waals surface area contributed by atoms with Crippen LogP contribution in [0.1, 0.15) is 19.3 Å². The molecule has 0 amide bonds. The quantitative estimate of drug-likeness (QED) is 0.810. The van der Waals surface area contributed by atoms with Gasteiger partial charge in [-0.2, -0.15) is 5.10 Å². The molecule has 18 heavy (non-hydrogen) atoms. The first-order chi connectivity index (χ1) is 8.84. The van der Waals surface area contributed by atoms with Gasteiger partial charge in [0.15, 0.2) is 0 Å². The lowest BCUT2D eigenvalue weighted by Gasteiger charge is -2.06. The van der Waals surface area contributed by atoms with Crippen LogP contribution in [0.2, 0.25) is 0 Å². The molecule has 0 saturated heterocycles. The van der Waals surface area contributed by atoms with Crippen LogP contribution in [0.5, 0.6) is 0 Å². The molecule has 1 heterocycles. The molecule has 1 aliphatic carbocycles. The van der Waals surface area contributed by atoms with Crippen LogP contribution in [0.3, 0.4) is 0 Å². The second-order valence-corrected chi connectivity index (χ2v) is 4.84. The van der Waals surface area contributed by atoms with Gasteiger partial charge in [-0.3, -0.25) is 4.79 Å². The van der Waals surface area contributed by atoms with E-state index in [1.54, 1.807) is 10.9 Å². The third kappa shape index (κ3) is 2.43. The molecule has 94 valence electrons. The first kappa shape index (κ1) is 11.4. The zero-order valence-corrected chi connectivity index (χ0v) is 10.3. The molecule has 1 aromatic carbocycles. The van der Waals surface area contributed by atoms with E-state index in [0.717, 1.165) is 29.8 Å². The third-order valence-electron chi connectivity index (χ3n) is 3.32. The van der Waals surface area contributed by atoms with E-state index in [1.165, 1.54) is 12.8 Å². The fraction of sp³-hybridized carbons (Fsp3) is 0.429. The van der Waals surface area contributed by atoms with Gasteiger partial charge in [-0.15, -0.1) is 0 Å². The molecule has 4 heteroatoms. The Hall–Kier alpha value is -1.68. The maximum atomic E-state index is 12.1. The van der Waals surface area contributed by atoms with Gasteiger partial charge in [0.05, 0.1) is 11.6 Å². The van der Waals surface area contributed by atoms with Crippen molar-refractivity contribution in [3.05, 3.63) is 40.8 Å². The molecule has 1 saturated carbocycles. The number of benzene rings is 1. The van der Waals surface area contributed by atoms with E-state index in [1.807, 2.05) is 24.3 Å². The number of hydrogen-bond donors (Lipinski definition) is 1. The summed E-state index contributed by atoms with van der Waals surface area (Å²) >= 11 is 0. The highest BCUT2D eigenvalue weighted by Gasteiger charge is 2.19. The lowest BCUT2D eigenvalue weighted by molar-refractivity contribution is 0.525. The van der Waals surface area contributed by atoms with Gasteiger partial charge in [0.25, 0.3) is 5.56 Å². The Kier molecular flexibility index (Phi) is 3.11. The lowest BCUT2D eigenvalue weighted by Crippen LogP contribution is -2.25. The first-order valence-electron chi connectivity index (χ1n) is 6.53. The third-order valence-corrected chi connectivity index (χ3v) is 3.32. The predicted octanol–water partition coefficient (Wildman–Crippen LogP) is 1.54. The van der Waals surface area contributed by atoms with Crippen LogP contribution >= 0.6 is 0 Å². The Morgan fingerprint density at radius 3 is 3.00 bits per heavy atom. The molecule has 4 nitrogen and oxygen atoms in total. The maximum absolute atomic E-state index is 12.1. The van der Waals surface area contributed by atoms with Crippen LogP contribution in [0, 0.1) is 0 Å². The van der Waals surface area contributed by atoms with Crippen LogP contribution in [-0.4, -0.2) is 22.4 Å². The predicted molar refractivity (Wildman–Crippen MR) is 71.6 cm³/mol. The number of fused-ring (bicyclic) bond motifs is 1. The van der Waals surface area contributed by atoms with Gasteiger partial charge < -0.3 is 5.32 Å². The minimum absolute atomic E-state index is 0.0134. The molecule has 1 aliphatic rings. The number of rotatable bonds is 5. The van der Waals surface area contributed by atoms with Crippen molar-refractivity contribution in [3.8, 4) is 0 Å². The standard InChI is InChI=1S/C14H17N3O/c18-14-13-5-2-1-4-11(13)10-16-17(14)9-3-8-15-12-6-7-12/h1-2,4-5,10,12,15H,3,6-9H2. The molecule has 0 atom stereocenters. The molecule has 1 N–H and O–H groups in total. The molecule has 0 radical (unpaired) electrons. The van der Waals surface area contributed by atoms with Gasteiger partial charge in [0.2, 0.25) is 0 Å². The molecule has 2 aromatic rings. The Morgan fingerprint density at radius 2 is 2.17 bits per heavy atom. The Labute approximate surface area is 106 Å². The average Bonchev–Trinajstić information content (AvgIpc) is 3.21. The van der Waals surface area contributed by atoms with E-state index in [4.69, 9.17) is 0 Å². The summed E-state index contributed by atoms with van der Waals surface area (Å²) < 4.78 is 1.57. The smallest absolute Gasteiger partial charge is 0.274 e. The topological polar surface area (TPSA) is 46.9 Å². The molecule has 0 bridgehead atoms. The van der Waals surface area contributed by atoms with Crippen molar-refractivity contribution in [2.75, 3.05) is 6.54 Å². The second-order valence-electron chi connectivity index (χ2n) is 4.84. The minimum atomic E-state index is 0.0134. The number of nitrogens with one attached hydrogen (secondary N) is 1. The summed E-state index contributed by atoms with van der Waals surface area (Å²) in [6, 6.07) is 8.32. The summed E-state index contributed by atoms with van der Waals surface area (Å²) in [5.74, 6) is 0. The largest absolute Gasteiger partial charge is 0.314 e. The number of nitrogens with zero attached hydrogens (tertiary/aromatic N) is 2. The highest BCUT2D eigenvalue weighted by atomic mass is 16.1. The summed E-state index contributed by atoms with van der Waals surface area (Å²) in [5, 5.41) is 9.32. The summed E-state index contributed by atoms with van der Waals surface area (Å²) in [4.78, 5) is 12.1. The zero-order chi connectivity index (χ0) is 12.4. The van der Waals surface area contributed by atoms with E-state index < -0.39 is 0 Å². The molecular weight excluding hydrogens is 226 g/mol. The van der Waals surface area contributed by atoms with E-state index in [0.29, 0.717) is 6.54 Å². The van der Waals surface area contributed by atoms with Crippen molar-refractivity contribution in [1.29, 1.82) is 0 Å². The molecule has 3 rings (SSSR count). The van der Waals surface area contributed by atoms with Gasteiger partial charge in [0, 0.05) is 18.0 Å². The fourth-order valence-corrected chi connectivity index (χ4v) is 2.11. The number of aryl methyl sites for hydroxylation is 1. The van der Waals surface area contributed by atoms with Crippen LogP contribution in [-0.2, 0) is 6.54 Å². The van der Waals surface area contributed by atoms with Gasteiger partial charge in [-0.1, -0.05) is 18.2 Å². The monoisotopic (exact) mass is 243 g/mol. The number of hydrogen-bond acceptors (Lipinski definition) is 3. The van der Waals surface area contributed by atoms with Crippen molar-refractivity contribution in [2.24, 2.45) is 0 Å². The van der Waals surface area contributed by atoms with E-state index in [9.17, 15) is 4.79 Å². The van der Waals surface area contributed by atoms with Crippen molar-refractivity contribution >= 4 is 10.8 Å². The van der Waals surface area contributed by atoms with Gasteiger partial charge in [0.1, 0.15) is 0 Å². The average molecular weight is 243 g/mol. The molecule has 0 aliphatic heterocycles. The van der Waals surface area contributed by atoms with Gasteiger partial charge in [-0.25, -0.2) is 4.68 Å². The molecule has 1 aromatic heterocycles. The molecule has 0 unspecified atom stereocenters. The van der Waals surface area contributed by atoms with Gasteiger partial charge in [-0.05, 0) is 31.9 Å². The SMILES string of the molecule is O=c1c2ccccc2cnn1CCCNC1CC1. The Balaban J connectivity index is 1.71. The first-order valence-corrected chi connectivity index (χ1v) is 6.53. The number of aromatic nitrogens is 2. The van der Waals surface area contributed by atoms with Crippen LogP contribution in [0.4, 0.5) is 0 Å². The highest BCUT2D eigenvalue weighted by Crippen LogP contribution is 2.18. The van der Waals surface area contributed by atoms with Crippen molar-refractivity contribution < 1.29 is 0 Å². The summed E-state index contributed by atoms with van der Waals surface area (Å²) in [6.07, 6.45) is 5.31. The normalized spacial score (nSPS) is 15.1.